The monoisotopic (exact) mass is 707 g/mol. The van der Waals surface area contributed by atoms with Crippen LogP contribution in [0.15, 0.2) is 42.5 Å². The number of likely N-dealkylation sites (tertiary alicyclic amines) is 1. The first-order chi connectivity index (χ1) is 20.6. The van der Waals surface area contributed by atoms with Crippen molar-refractivity contribution in [1.82, 2.24) is 4.90 Å². The molecule has 3 atom stereocenters. The van der Waals surface area contributed by atoms with Gasteiger partial charge in [-0.05, 0) is 11.6 Å². The summed E-state index contributed by atoms with van der Waals surface area (Å²) in [6.07, 6.45) is 3.59. The maximum atomic E-state index is 14.2. The number of rotatable bonds is 13. The van der Waals surface area contributed by atoms with Crippen molar-refractivity contribution in [2.24, 2.45) is 5.92 Å². The van der Waals surface area contributed by atoms with Crippen molar-refractivity contribution in [2.45, 2.75) is 61.7 Å². The molecule has 8 nitrogen and oxygen atoms in total. The summed E-state index contributed by atoms with van der Waals surface area (Å²) >= 11 is -1.76. The van der Waals surface area contributed by atoms with Crippen molar-refractivity contribution in [3.63, 3.8) is 0 Å². The molecule has 0 aliphatic carbocycles. The van der Waals surface area contributed by atoms with E-state index in [4.69, 9.17) is 14.2 Å². The Labute approximate surface area is 260 Å². The quantitative estimate of drug-likeness (QED) is 0.250. The number of carbonyl (C=O) groups is 2. The number of unbranched alkanes of at least 4 members (excludes halogenated alkanes) is 1. The predicted molar refractivity (Wildman–Crippen MR) is 165 cm³/mol. The molecule has 2 aromatic carbocycles. The van der Waals surface area contributed by atoms with Crippen LogP contribution in [0.4, 0.5) is 5.69 Å². The van der Waals surface area contributed by atoms with Crippen molar-refractivity contribution in [3.8, 4) is 5.75 Å². The van der Waals surface area contributed by atoms with Gasteiger partial charge in [0.05, 0.1) is 19.8 Å². The Balaban J connectivity index is 1.41. The number of nitrogens with zero attached hydrogens (tertiary/aromatic N) is 2. The zero-order chi connectivity index (χ0) is 30.6. The van der Waals surface area contributed by atoms with Gasteiger partial charge in [-0.3, -0.25) is 0 Å². The molecule has 3 aliphatic rings. The Hall–Kier alpha value is -2.21. The van der Waals surface area contributed by atoms with Crippen molar-refractivity contribution in [3.05, 3.63) is 59.2 Å². The Bertz CT molecular complexity index is 1270. The molecule has 0 aromatic heterocycles. The molecule has 9 heteroatoms. The second-order valence-corrected chi connectivity index (χ2v) is 24.6. The third-order valence-corrected chi connectivity index (χ3v) is 11.9. The molecule has 3 aliphatic heterocycles. The van der Waals surface area contributed by atoms with Crippen LogP contribution in [-0.4, -0.2) is 88.5 Å². The van der Waals surface area contributed by atoms with E-state index in [0.29, 0.717) is 45.8 Å². The van der Waals surface area contributed by atoms with E-state index in [9.17, 15) is 14.7 Å². The first-order valence-electron chi connectivity index (χ1n) is 15.5. The van der Waals surface area contributed by atoms with Crippen molar-refractivity contribution < 1.29 is 47.3 Å². The molecule has 2 fully saturated rings. The number of hydrogen-bond acceptors (Lipinski definition) is 6. The van der Waals surface area contributed by atoms with E-state index in [1.807, 2.05) is 23.1 Å². The van der Waals surface area contributed by atoms with Gasteiger partial charge in [0, 0.05) is 6.42 Å². The number of halogens is 1. The molecule has 0 radical (unpaired) electrons. The molecule has 5 rings (SSSR count). The second-order valence-electron chi connectivity index (χ2n) is 12.8. The number of alkyl halides is 4. The molecule has 3 heterocycles. The molecule has 43 heavy (non-hydrogen) atoms. The molecule has 1 amide bonds. The number of hydrogen-bond donors (Lipinski definition) is 1. The van der Waals surface area contributed by atoms with Crippen molar-refractivity contribution in [1.29, 1.82) is 0 Å². The van der Waals surface area contributed by atoms with Crippen LogP contribution in [0.25, 0.3) is 0 Å². The van der Waals surface area contributed by atoms with E-state index in [1.54, 1.807) is 0 Å². The molecule has 0 unspecified atom stereocenters. The third-order valence-electron chi connectivity index (χ3n) is 8.72. The number of amides is 1. The van der Waals surface area contributed by atoms with Crippen LogP contribution in [0.2, 0.25) is 0 Å². The molecule has 0 bridgehead atoms. The maximum absolute atomic E-state index is 14.2. The van der Waals surface area contributed by atoms with Crippen molar-refractivity contribution >= 4 is 17.6 Å². The van der Waals surface area contributed by atoms with E-state index in [-0.39, 0.29) is 30.7 Å². The van der Waals surface area contributed by atoms with Gasteiger partial charge < -0.3 is 14.2 Å². The van der Waals surface area contributed by atoms with Crippen molar-refractivity contribution in [2.75, 3.05) is 59.1 Å². The fraction of sp³-hybridized carbons (Fsp3) is 0.588. The van der Waals surface area contributed by atoms with Gasteiger partial charge in [-0.1, -0.05) is 0 Å². The average molecular weight is 708 g/mol. The summed E-state index contributed by atoms with van der Waals surface area (Å²) in [5.74, 6) is -0.778. The molecule has 238 valence electrons. The number of benzene rings is 2. The molecular weight excluding hydrogens is 659 g/mol. The number of aliphatic carboxylic acids is 1. The van der Waals surface area contributed by atoms with Gasteiger partial charge in [0.2, 0.25) is 0 Å². The average Bonchev–Trinajstić information content (AvgIpc) is 3.71. The van der Waals surface area contributed by atoms with Crippen LogP contribution in [0.3, 0.4) is 0 Å². The zero-order valence-corrected chi connectivity index (χ0v) is 28.3. The first-order valence-corrected chi connectivity index (χ1v) is 23.5. The topological polar surface area (TPSA) is 88.5 Å². The minimum atomic E-state index is -1.76. The summed E-state index contributed by atoms with van der Waals surface area (Å²) in [5, 5.41) is 10.6. The molecular formula is C34H48IN2O6-. The van der Waals surface area contributed by atoms with Gasteiger partial charge in [0.15, 0.2) is 0 Å². The molecule has 2 saturated heterocycles. The molecule has 0 spiro atoms. The Morgan fingerprint density at radius 1 is 1.05 bits per heavy atom. The summed E-state index contributed by atoms with van der Waals surface area (Å²) in [7, 11) is 0. The van der Waals surface area contributed by atoms with Gasteiger partial charge in [-0.2, -0.15) is 0 Å². The van der Waals surface area contributed by atoms with Crippen LogP contribution in [0.5, 0.6) is 5.75 Å². The van der Waals surface area contributed by atoms with E-state index >= 15 is 0 Å². The number of fused-ring (bicyclic) bond motifs is 1. The molecule has 0 saturated carbocycles. The Kier molecular flexibility index (Phi) is 10.7. The number of carboxylic acid groups (broad SMARTS) is 1. The van der Waals surface area contributed by atoms with Crippen LogP contribution in [0.1, 0.15) is 55.2 Å². The first kappa shape index (κ1) is 32.2. The standard InChI is InChI=1S/C34H48IN2O6/c1-5-6-15-37(27-9-7-8-24(19-27)21-35(2,3)4)31(38)23-36-22-28(25-10-12-30-26(20-25)14-16-41-30)33(34(39)40)29(36)11-13-32-42-17-18-43-32/h7-10,12,19-20,28-29,32-33H,5-6,11,13-18,21-23H2,1-4H3,(H,39,40)/q-1/t28-,29+,33-/m1/s1. The fourth-order valence-corrected chi connectivity index (χ4v) is 9.87. The van der Waals surface area contributed by atoms with Crippen LogP contribution >= 0.6 is 0 Å². The summed E-state index contributed by atoms with van der Waals surface area (Å²) in [4.78, 5) is 38.3. The van der Waals surface area contributed by atoms with Crippen LogP contribution < -0.4 is 28.1 Å². The van der Waals surface area contributed by atoms with Gasteiger partial charge >= 0.3 is 204 Å². The Morgan fingerprint density at radius 3 is 2.56 bits per heavy atom. The van der Waals surface area contributed by atoms with E-state index < -0.39 is 30.3 Å². The normalized spacial score (nSPS) is 22.8. The summed E-state index contributed by atoms with van der Waals surface area (Å²) in [6, 6.07) is 14.3. The molecule has 2 aromatic rings. The van der Waals surface area contributed by atoms with E-state index in [1.165, 1.54) is 5.56 Å². The number of ether oxygens (including phenoxy) is 3. The second kappa shape index (κ2) is 14.3. The van der Waals surface area contributed by atoms with Crippen LogP contribution in [-0.2, 0) is 29.9 Å². The van der Waals surface area contributed by atoms with Gasteiger partial charge in [-0.25, -0.2) is 0 Å². The van der Waals surface area contributed by atoms with E-state index in [2.05, 4.69) is 50.9 Å². The number of anilines is 1. The number of carboxylic acids is 1. The SMILES string of the molecule is CCCCN(C(=O)CN1C[C@H](c2ccc3c(c2)CCO3)[C@@H](C(=O)O)[C@@H]1CCC1OCCO1)c1cccc(C[I-](C)(C)C)c1. The minimum absolute atomic E-state index is 0.0211. The summed E-state index contributed by atoms with van der Waals surface area (Å²) < 4.78 is 18.2. The summed E-state index contributed by atoms with van der Waals surface area (Å²) in [6.45, 7) is 5.25. The summed E-state index contributed by atoms with van der Waals surface area (Å²) in [5.41, 5.74) is 4.37. The molecule has 1 N–H and O–H groups in total. The van der Waals surface area contributed by atoms with E-state index in [0.717, 1.165) is 46.3 Å². The third kappa shape index (κ3) is 8.09. The number of carbonyl (C=O) groups excluding carboxylic acids is 1. The van der Waals surface area contributed by atoms with Gasteiger partial charge in [0.1, 0.15) is 5.75 Å². The van der Waals surface area contributed by atoms with Gasteiger partial charge in [-0.15, -0.1) is 0 Å². The zero-order valence-electron chi connectivity index (χ0n) is 26.1. The fourth-order valence-electron chi connectivity index (χ4n) is 6.75. The Morgan fingerprint density at radius 2 is 1.84 bits per heavy atom. The van der Waals surface area contributed by atoms with Gasteiger partial charge in [0.25, 0.3) is 0 Å². The van der Waals surface area contributed by atoms with Crippen LogP contribution in [0, 0.1) is 5.92 Å². The predicted octanol–water partition coefficient (Wildman–Crippen LogP) is 1.63.